The topological polar surface area (TPSA) is 32.3 Å². The van der Waals surface area contributed by atoms with Crippen molar-refractivity contribution in [3.8, 4) is 0 Å². The molecule has 0 bridgehead atoms. The van der Waals surface area contributed by atoms with Gasteiger partial charge in [0.2, 0.25) is 0 Å². The lowest BCUT2D eigenvalue weighted by Gasteiger charge is -2.30. The number of halogens is 2. The molecular formula is C17H24BrFN2O. The SMILES string of the molecule is C[C@@H]1CCCN(CCCCNC(=O)c2ccc(F)cc2Br)C1. The van der Waals surface area contributed by atoms with E-state index >= 15 is 0 Å². The third-order valence-electron chi connectivity index (χ3n) is 4.10. The van der Waals surface area contributed by atoms with Crippen molar-refractivity contribution in [1.29, 1.82) is 0 Å². The maximum atomic E-state index is 13.0. The number of nitrogens with zero attached hydrogens (tertiary/aromatic N) is 1. The van der Waals surface area contributed by atoms with Crippen LogP contribution in [-0.4, -0.2) is 37.0 Å². The van der Waals surface area contributed by atoms with E-state index in [0.29, 0.717) is 16.6 Å². The highest BCUT2D eigenvalue weighted by Crippen LogP contribution is 2.18. The Kier molecular flexibility index (Phi) is 6.83. The second kappa shape index (κ2) is 8.63. The third kappa shape index (κ3) is 5.36. The number of carbonyl (C=O) groups is 1. The highest BCUT2D eigenvalue weighted by molar-refractivity contribution is 9.10. The minimum atomic E-state index is -0.348. The minimum absolute atomic E-state index is 0.154. The van der Waals surface area contributed by atoms with Crippen molar-refractivity contribution >= 4 is 21.8 Å². The van der Waals surface area contributed by atoms with Crippen LogP contribution in [-0.2, 0) is 0 Å². The van der Waals surface area contributed by atoms with Gasteiger partial charge in [-0.05, 0) is 78.8 Å². The molecule has 22 heavy (non-hydrogen) atoms. The fourth-order valence-corrected chi connectivity index (χ4v) is 3.45. The summed E-state index contributed by atoms with van der Waals surface area (Å²) in [6, 6.07) is 4.12. The number of likely N-dealkylation sites (tertiary alicyclic amines) is 1. The predicted octanol–water partition coefficient (Wildman–Crippen LogP) is 3.83. The standard InChI is InChI=1S/C17H24BrFN2O/c1-13-5-4-10-21(12-13)9-3-2-8-20-17(22)15-7-6-14(19)11-16(15)18/h6-7,11,13H,2-5,8-10,12H2,1H3,(H,20,22)/t13-/m1/s1. The van der Waals surface area contributed by atoms with Gasteiger partial charge in [0.05, 0.1) is 5.56 Å². The summed E-state index contributed by atoms with van der Waals surface area (Å²) in [5.41, 5.74) is 0.478. The van der Waals surface area contributed by atoms with E-state index in [0.717, 1.165) is 25.3 Å². The first-order valence-electron chi connectivity index (χ1n) is 8.02. The van der Waals surface area contributed by atoms with Gasteiger partial charge in [-0.15, -0.1) is 0 Å². The lowest BCUT2D eigenvalue weighted by molar-refractivity contribution is 0.0951. The zero-order valence-corrected chi connectivity index (χ0v) is 14.7. The Morgan fingerprint density at radius 1 is 1.45 bits per heavy atom. The van der Waals surface area contributed by atoms with Crippen molar-refractivity contribution in [2.45, 2.75) is 32.6 Å². The fourth-order valence-electron chi connectivity index (χ4n) is 2.92. The van der Waals surface area contributed by atoms with Crippen molar-refractivity contribution in [3.63, 3.8) is 0 Å². The van der Waals surface area contributed by atoms with Crippen molar-refractivity contribution in [2.24, 2.45) is 5.92 Å². The van der Waals surface area contributed by atoms with Crippen LogP contribution in [0.15, 0.2) is 22.7 Å². The molecule has 3 nitrogen and oxygen atoms in total. The van der Waals surface area contributed by atoms with Crippen LogP contribution < -0.4 is 5.32 Å². The first kappa shape index (κ1) is 17.4. The lowest BCUT2D eigenvalue weighted by atomic mass is 10.0. The van der Waals surface area contributed by atoms with Crippen LogP contribution in [0.5, 0.6) is 0 Å². The maximum Gasteiger partial charge on any atom is 0.252 e. The van der Waals surface area contributed by atoms with Crippen molar-refractivity contribution in [2.75, 3.05) is 26.2 Å². The van der Waals surface area contributed by atoms with Crippen LogP contribution in [0.2, 0.25) is 0 Å². The average molecular weight is 371 g/mol. The molecule has 1 N–H and O–H groups in total. The van der Waals surface area contributed by atoms with Gasteiger partial charge in [0.25, 0.3) is 5.91 Å². The zero-order valence-electron chi connectivity index (χ0n) is 13.1. The average Bonchev–Trinajstić information content (AvgIpc) is 2.46. The number of hydrogen-bond acceptors (Lipinski definition) is 2. The number of hydrogen-bond donors (Lipinski definition) is 1. The normalized spacial score (nSPS) is 19.1. The smallest absolute Gasteiger partial charge is 0.252 e. The summed E-state index contributed by atoms with van der Waals surface area (Å²) in [4.78, 5) is 14.5. The molecule has 1 aromatic carbocycles. The summed E-state index contributed by atoms with van der Waals surface area (Å²) < 4.78 is 13.5. The van der Waals surface area contributed by atoms with Gasteiger partial charge in [-0.25, -0.2) is 4.39 Å². The summed E-state index contributed by atoms with van der Waals surface area (Å²) >= 11 is 3.22. The zero-order chi connectivity index (χ0) is 15.9. The Balaban J connectivity index is 1.65. The molecule has 1 saturated heterocycles. The second-order valence-corrected chi connectivity index (χ2v) is 6.99. The van der Waals surface area contributed by atoms with Gasteiger partial charge in [-0.2, -0.15) is 0 Å². The summed E-state index contributed by atoms with van der Waals surface area (Å²) in [6.45, 7) is 6.49. The number of carbonyl (C=O) groups excluding carboxylic acids is 1. The van der Waals surface area contributed by atoms with E-state index in [1.54, 1.807) is 0 Å². The molecule has 0 spiro atoms. The molecule has 0 aromatic heterocycles. The summed E-state index contributed by atoms with van der Waals surface area (Å²) in [5, 5.41) is 2.90. The Morgan fingerprint density at radius 3 is 3.00 bits per heavy atom. The van der Waals surface area contributed by atoms with Gasteiger partial charge in [0, 0.05) is 17.6 Å². The van der Waals surface area contributed by atoms with Crippen LogP contribution >= 0.6 is 15.9 Å². The molecule has 5 heteroatoms. The molecule has 0 saturated carbocycles. The van der Waals surface area contributed by atoms with E-state index in [-0.39, 0.29) is 11.7 Å². The third-order valence-corrected chi connectivity index (χ3v) is 4.76. The van der Waals surface area contributed by atoms with Crippen molar-refractivity contribution < 1.29 is 9.18 Å². The molecule has 0 radical (unpaired) electrons. The number of piperidine rings is 1. The molecule has 2 rings (SSSR count). The van der Waals surface area contributed by atoms with Crippen molar-refractivity contribution in [3.05, 3.63) is 34.1 Å². The molecule has 1 fully saturated rings. The molecule has 1 aliphatic heterocycles. The number of nitrogens with one attached hydrogen (secondary N) is 1. The van der Waals surface area contributed by atoms with Crippen molar-refractivity contribution in [1.82, 2.24) is 10.2 Å². The molecule has 1 amide bonds. The van der Waals surface area contributed by atoms with Crippen LogP contribution in [0.1, 0.15) is 43.0 Å². The van der Waals surface area contributed by atoms with Gasteiger partial charge in [0.1, 0.15) is 5.82 Å². The first-order chi connectivity index (χ1) is 10.6. The molecular weight excluding hydrogens is 347 g/mol. The monoisotopic (exact) mass is 370 g/mol. The molecule has 1 aliphatic rings. The Labute approximate surface area is 140 Å². The predicted molar refractivity (Wildman–Crippen MR) is 90.5 cm³/mol. The van der Waals surface area contributed by atoms with Gasteiger partial charge >= 0.3 is 0 Å². The summed E-state index contributed by atoms with van der Waals surface area (Å²) in [5.74, 6) is 0.307. The van der Waals surface area contributed by atoms with E-state index in [1.807, 2.05) is 0 Å². The van der Waals surface area contributed by atoms with E-state index in [9.17, 15) is 9.18 Å². The highest BCUT2D eigenvalue weighted by atomic mass is 79.9. The maximum absolute atomic E-state index is 13.0. The van der Waals surface area contributed by atoms with E-state index in [2.05, 4.69) is 33.1 Å². The summed E-state index contributed by atoms with van der Waals surface area (Å²) in [6.07, 6.45) is 4.71. The minimum Gasteiger partial charge on any atom is -0.352 e. The van der Waals surface area contributed by atoms with Crippen LogP contribution in [0.4, 0.5) is 4.39 Å². The number of unbranched alkanes of at least 4 members (excludes halogenated alkanes) is 1. The molecule has 1 aromatic rings. The van der Waals surface area contributed by atoms with E-state index in [4.69, 9.17) is 0 Å². The Hall–Kier alpha value is -0.940. The molecule has 0 unspecified atom stereocenters. The largest absolute Gasteiger partial charge is 0.352 e. The molecule has 0 aliphatic carbocycles. The summed E-state index contributed by atoms with van der Waals surface area (Å²) in [7, 11) is 0. The van der Waals surface area contributed by atoms with Gasteiger partial charge < -0.3 is 10.2 Å². The lowest BCUT2D eigenvalue weighted by Crippen LogP contribution is -2.35. The number of rotatable bonds is 6. The van der Waals surface area contributed by atoms with E-state index < -0.39 is 0 Å². The Morgan fingerprint density at radius 2 is 2.27 bits per heavy atom. The van der Waals surface area contributed by atoms with Gasteiger partial charge in [-0.3, -0.25) is 4.79 Å². The Bertz CT molecular complexity index is 509. The highest BCUT2D eigenvalue weighted by Gasteiger charge is 2.15. The second-order valence-electron chi connectivity index (χ2n) is 6.14. The van der Waals surface area contributed by atoms with Crippen LogP contribution in [0.3, 0.4) is 0 Å². The number of benzene rings is 1. The fraction of sp³-hybridized carbons (Fsp3) is 0.588. The quantitative estimate of drug-likeness (QED) is 0.771. The molecule has 122 valence electrons. The van der Waals surface area contributed by atoms with Crippen LogP contribution in [0, 0.1) is 11.7 Å². The molecule has 1 atom stereocenters. The van der Waals surface area contributed by atoms with Crippen LogP contribution in [0.25, 0.3) is 0 Å². The van der Waals surface area contributed by atoms with E-state index in [1.165, 1.54) is 44.1 Å². The molecule has 1 heterocycles. The first-order valence-corrected chi connectivity index (χ1v) is 8.81. The number of amides is 1. The van der Waals surface area contributed by atoms with Gasteiger partial charge in [-0.1, -0.05) is 6.92 Å². The van der Waals surface area contributed by atoms with Gasteiger partial charge in [0.15, 0.2) is 0 Å².